The molecule has 0 saturated heterocycles. The molecule has 0 aliphatic rings. The number of anilines is 4. The second-order valence-electron chi connectivity index (χ2n) is 10.2. The average molecular weight is 690 g/mol. The molecule has 48 heavy (non-hydrogen) atoms. The number of phenols is 1. The van der Waals surface area contributed by atoms with E-state index in [0.717, 1.165) is 17.8 Å². The number of aromatic nitrogens is 3. The highest BCUT2D eigenvalue weighted by atomic mass is 32.2. The molecule has 0 aliphatic carbocycles. The van der Waals surface area contributed by atoms with Crippen LogP contribution in [0.5, 0.6) is 5.75 Å². The summed E-state index contributed by atoms with van der Waals surface area (Å²) < 4.78 is 82.3. The van der Waals surface area contributed by atoms with E-state index in [4.69, 9.17) is 0 Å². The molecule has 5 aromatic carbocycles. The molecule has 6 aromatic rings. The lowest BCUT2D eigenvalue weighted by Gasteiger charge is -2.21. The molecule has 0 saturated carbocycles. The lowest BCUT2D eigenvalue weighted by Crippen LogP contribution is -2.20. The Morgan fingerprint density at radius 3 is 2.19 bits per heavy atom. The number of fused-ring (bicyclic) bond motifs is 2. The van der Waals surface area contributed by atoms with Crippen molar-refractivity contribution in [2.45, 2.75) is 16.7 Å². The van der Waals surface area contributed by atoms with Crippen molar-refractivity contribution in [1.82, 2.24) is 15.0 Å². The van der Waals surface area contributed by atoms with Crippen LogP contribution in [0.2, 0.25) is 0 Å². The van der Waals surface area contributed by atoms with Crippen LogP contribution in [-0.2, 0) is 20.2 Å². The van der Waals surface area contributed by atoms with Crippen molar-refractivity contribution >= 4 is 76.4 Å². The maximum atomic E-state index is 14.5. The Kier molecular flexibility index (Phi) is 8.44. The van der Waals surface area contributed by atoms with Gasteiger partial charge in [-0.25, -0.2) is 0 Å². The molecule has 0 bridgehead atoms. The van der Waals surface area contributed by atoms with Gasteiger partial charge in [-0.05, 0) is 60.8 Å². The van der Waals surface area contributed by atoms with E-state index < -0.39 is 36.1 Å². The number of benzene rings is 5. The van der Waals surface area contributed by atoms with Gasteiger partial charge in [-0.1, -0.05) is 42.5 Å². The largest absolute Gasteiger partial charge is 0.505 e. The average Bonchev–Trinajstić information content (AvgIpc) is 3.03. The zero-order valence-corrected chi connectivity index (χ0v) is 26.4. The minimum absolute atomic E-state index is 0.0467. The van der Waals surface area contributed by atoms with E-state index in [2.05, 4.69) is 30.5 Å². The Bertz CT molecular complexity index is 2470. The summed E-state index contributed by atoms with van der Waals surface area (Å²) >= 11 is 0. The van der Waals surface area contributed by atoms with Crippen LogP contribution in [0.25, 0.3) is 21.5 Å². The van der Waals surface area contributed by atoms with Crippen LogP contribution in [-0.4, -0.2) is 52.5 Å². The molecule has 4 N–H and O–H groups in total. The van der Waals surface area contributed by atoms with Crippen molar-refractivity contribution in [3.05, 3.63) is 97.1 Å². The van der Waals surface area contributed by atoms with Gasteiger partial charge in [-0.3, -0.25) is 9.11 Å². The van der Waals surface area contributed by atoms with Crippen LogP contribution in [0.4, 0.5) is 39.0 Å². The number of nitrogens with zero attached hydrogens (tertiary/aromatic N) is 6. The van der Waals surface area contributed by atoms with Crippen molar-refractivity contribution in [3.63, 3.8) is 0 Å². The van der Waals surface area contributed by atoms with Crippen molar-refractivity contribution < 1.29 is 35.4 Å². The van der Waals surface area contributed by atoms with E-state index in [1.807, 2.05) is 37.3 Å². The van der Waals surface area contributed by atoms with E-state index in [-0.39, 0.29) is 39.8 Å². The number of phenolic OH excluding ortho intramolecular Hbond substituents is 1. The van der Waals surface area contributed by atoms with Crippen LogP contribution >= 0.6 is 0 Å². The molecule has 17 heteroatoms. The smallest absolute Gasteiger partial charge is 0.315 e. The lowest BCUT2D eigenvalue weighted by molar-refractivity contribution is 0.481. The number of nitrogens with one attached hydrogen (secondary N) is 1. The monoisotopic (exact) mass is 689 g/mol. The van der Waals surface area contributed by atoms with Gasteiger partial charge in [0.1, 0.15) is 21.2 Å². The third-order valence-electron chi connectivity index (χ3n) is 7.20. The van der Waals surface area contributed by atoms with E-state index in [9.17, 15) is 35.4 Å². The van der Waals surface area contributed by atoms with Crippen LogP contribution in [0.15, 0.2) is 111 Å². The van der Waals surface area contributed by atoms with Crippen molar-refractivity contribution in [2.24, 2.45) is 10.2 Å². The summed E-state index contributed by atoms with van der Waals surface area (Å²) in [4.78, 5) is 12.4. The van der Waals surface area contributed by atoms with Gasteiger partial charge in [-0.2, -0.15) is 36.2 Å². The Balaban J connectivity index is 1.31. The third kappa shape index (κ3) is 6.47. The number of aromatic hydroxyl groups is 1. The Morgan fingerprint density at radius 1 is 0.771 bits per heavy atom. The van der Waals surface area contributed by atoms with Gasteiger partial charge in [-0.15, -0.1) is 10.2 Å². The van der Waals surface area contributed by atoms with Crippen molar-refractivity contribution in [2.75, 3.05) is 16.8 Å². The zero-order chi connectivity index (χ0) is 34.2. The minimum atomic E-state index is -4.97. The molecule has 6 rings (SSSR count). The highest BCUT2D eigenvalue weighted by molar-refractivity contribution is 7.86. The molecular weight excluding hydrogens is 666 g/mol. The second kappa shape index (κ2) is 12.5. The first kappa shape index (κ1) is 32.3. The maximum absolute atomic E-state index is 14.5. The first-order valence-electron chi connectivity index (χ1n) is 14.0. The summed E-state index contributed by atoms with van der Waals surface area (Å²) in [6.07, 6.45) is -0.979. The van der Waals surface area contributed by atoms with E-state index in [1.54, 1.807) is 29.2 Å². The van der Waals surface area contributed by atoms with Gasteiger partial charge in [0.05, 0.1) is 0 Å². The predicted octanol–water partition coefficient (Wildman–Crippen LogP) is 6.83. The summed E-state index contributed by atoms with van der Waals surface area (Å²) in [6, 6.07) is 22.9. The number of hydrogen-bond donors (Lipinski definition) is 4. The summed E-state index contributed by atoms with van der Waals surface area (Å²) in [7, 11) is -9.69. The summed E-state index contributed by atoms with van der Waals surface area (Å²) in [5.74, 6) is -0.246. The lowest BCUT2D eigenvalue weighted by atomic mass is 10.1. The second-order valence-corrected chi connectivity index (χ2v) is 13.0. The van der Waals surface area contributed by atoms with Gasteiger partial charge in [0, 0.05) is 34.1 Å². The number of para-hydroxylation sites is 1. The van der Waals surface area contributed by atoms with Gasteiger partial charge >= 0.3 is 6.08 Å². The molecule has 1 heterocycles. The molecule has 0 unspecified atom stereocenters. The molecule has 0 atom stereocenters. The van der Waals surface area contributed by atoms with Crippen LogP contribution < -0.4 is 10.2 Å². The Morgan fingerprint density at radius 2 is 1.48 bits per heavy atom. The van der Waals surface area contributed by atoms with Gasteiger partial charge in [0.25, 0.3) is 20.2 Å². The topological polar surface area (TPSA) is 208 Å². The number of azo groups is 1. The fraction of sp³-hybridized carbons (Fsp3) is 0.0645. The summed E-state index contributed by atoms with van der Waals surface area (Å²) in [5, 5.41) is 22.3. The molecule has 0 radical (unpaired) electrons. The normalized spacial score (nSPS) is 12.2. The van der Waals surface area contributed by atoms with Crippen LogP contribution in [0.1, 0.15) is 6.92 Å². The van der Waals surface area contributed by atoms with Crippen LogP contribution in [0.3, 0.4) is 0 Å². The SMILES string of the molecule is CCN(c1ccccc1)c1nc(F)nc(Nc2ccc3c(O)c(N=Nc4ccc5c(S(=O)(=O)O)cccc5c4S(=O)(=O)O)ccc3c2)n1. The highest BCUT2D eigenvalue weighted by Gasteiger charge is 2.24. The van der Waals surface area contributed by atoms with Gasteiger partial charge < -0.3 is 15.3 Å². The third-order valence-corrected chi connectivity index (χ3v) is 9.06. The first-order valence-corrected chi connectivity index (χ1v) is 16.9. The first-order chi connectivity index (χ1) is 22.8. The van der Waals surface area contributed by atoms with E-state index in [0.29, 0.717) is 23.0 Å². The molecule has 14 nitrogen and oxygen atoms in total. The zero-order valence-electron chi connectivity index (χ0n) is 24.7. The summed E-state index contributed by atoms with van der Waals surface area (Å²) in [5.41, 5.74) is 0.830. The number of rotatable bonds is 9. The number of hydrogen-bond acceptors (Lipinski definition) is 12. The molecule has 0 spiro atoms. The predicted molar refractivity (Wildman–Crippen MR) is 176 cm³/mol. The summed E-state index contributed by atoms with van der Waals surface area (Å²) in [6.45, 7) is 2.34. The van der Waals surface area contributed by atoms with E-state index >= 15 is 0 Å². The Hall–Kier alpha value is -5.62. The highest BCUT2D eigenvalue weighted by Crippen LogP contribution is 2.39. The standard InChI is InChI=1S/C31H24FN7O7S2/c1-2-39(20-7-4-3-5-8-20)31-35-29(32)34-30(36-31)33-19-12-13-21-18(17-19)11-15-24(27(21)40)37-38-25-16-14-22-23(28(25)48(44,45)46)9-6-10-26(22)47(41,42)43/h3-17,40H,2H2,1H3,(H,41,42,43)(H,44,45,46)(H,33,34,35,36). The quantitative estimate of drug-likeness (QED) is 0.0909. The Labute approximate surface area is 272 Å². The minimum Gasteiger partial charge on any atom is -0.505 e. The van der Waals surface area contributed by atoms with Gasteiger partial charge in [0.15, 0.2) is 5.75 Å². The fourth-order valence-electron chi connectivity index (χ4n) is 5.13. The molecule has 0 fully saturated rings. The molecule has 244 valence electrons. The van der Waals surface area contributed by atoms with Crippen molar-refractivity contribution in [3.8, 4) is 5.75 Å². The van der Waals surface area contributed by atoms with Crippen molar-refractivity contribution in [1.29, 1.82) is 0 Å². The number of halogens is 1. The fourth-order valence-corrected chi connectivity index (χ4v) is 6.66. The maximum Gasteiger partial charge on any atom is 0.315 e. The van der Waals surface area contributed by atoms with Gasteiger partial charge in [0.2, 0.25) is 11.9 Å². The molecule has 0 amide bonds. The molecule has 0 aliphatic heterocycles. The molecular formula is C31H24FN7O7S2. The molecule has 1 aromatic heterocycles. The van der Waals surface area contributed by atoms with Crippen LogP contribution in [0, 0.1) is 6.08 Å². The van der Waals surface area contributed by atoms with E-state index in [1.165, 1.54) is 24.3 Å².